The van der Waals surface area contributed by atoms with Crippen molar-refractivity contribution in [2.75, 3.05) is 25.0 Å². The fourth-order valence-corrected chi connectivity index (χ4v) is 5.93. The summed E-state index contributed by atoms with van der Waals surface area (Å²) in [5.41, 5.74) is 5.85. The molecule has 1 N–H and O–H groups in total. The van der Waals surface area contributed by atoms with Crippen molar-refractivity contribution in [2.45, 2.75) is 31.2 Å². The smallest absolute Gasteiger partial charge is 0.137 e. The first-order valence-electron chi connectivity index (χ1n) is 13.9. The van der Waals surface area contributed by atoms with Crippen LogP contribution in [0.5, 0.6) is 0 Å². The molecule has 0 saturated carbocycles. The van der Waals surface area contributed by atoms with Crippen LogP contribution in [-0.4, -0.2) is 40.5 Å². The molecular weight excluding hydrogens is 535 g/mol. The molecule has 6 rings (SSSR count). The molecule has 2 heterocycles. The number of hydrogen-bond acceptors (Lipinski definition) is 4. The Bertz CT molecular complexity index is 1500. The number of hydrogen-bond donors (Lipinski definition) is 1. The van der Waals surface area contributed by atoms with E-state index in [2.05, 4.69) is 88.0 Å². The summed E-state index contributed by atoms with van der Waals surface area (Å²) in [6.45, 7) is 3.29. The predicted molar refractivity (Wildman–Crippen MR) is 167 cm³/mol. The van der Waals surface area contributed by atoms with Crippen molar-refractivity contribution in [3.05, 3.63) is 136 Å². The van der Waals surface area contributed by atoms with Gasteiger partial charge < -0.3 is 10.2 Å². The molecule has 4 aromatic carbocycles. The van der Waals surface area contributed by atoms with Gasteiger partial charge in [0.25, 0.3) is 0 Å². The Hall–Kier alpha value is -3.44. The number of aromatic nitrogens is 2. The quantitative estimate of drug-likeness (QED) is 0.192. The lowest BCUT2D eigenvalue weighted by molar-refractivity contribution is 0.221. The SMILES string of the molecule is Clc1ccc(C(c2ccc(Cl)cc2)c2ccc3ncnc(NC4CCN(CCc5ccccc5)CC4)c3c2)cc1. The maximum absolute atomic E-state index is 6.23. The van der Waals surface area contributed by atoms with Crippen LogP contribution in [0.3, 0.4) is 0 Å². The van der Waals surface area contributed by atoms with Crippen molar-refractivity contribution in [3.8, 4) is 0 Å². The van der Waals surface area contributed by atoms with Gasteiger partial charge in [-0.2, -0.15) is 0 Å². The van der Waals surface area contributed by atoms with E-state index in [9.17, 15) is 0 Å². The number of nitrogens with one attached hydrogen (secondary N) is 1. The molecule has 1 aliphatic rings. The lowest BCUT2D eigenvalue weighted by Crippen LogP contribution is -2.40. The van der Waals surface area contributed by atoms with Crippen molar-refractivity contribution >= 4 is 39.9 Å². The van der Waals surface area contributed by atoms with Gasteiger partial charge in [0.15, 0.2) is 0 Å². The van der Waals surface area contributed by atoms with Crippen molar-refractivity contribution in [2.24, 2.45) is 0 Å². The van der Waals surface area contributed by atoms with Gasteiger partial charge in [-0.1, -0.05) is 83.9 Å². The summed E-state index contributed by atoms with van der Waals surface area (Å²) in [6.07, 6.45) is 4.95. The topological polar surface area (TPSA) is 41.1 Å². The molecule has 1 fully saturated rings. The van der Waals surface area contributed by atoms with Crippen molar-refractivity contribution < 1.29 is 0 Å². The molecule has 0 bridgehead atoms. The van der Waals surface area contributed by atoms with Gasteiger partial charge in [0, 0.05) is 47.0 Å². The van der Waals surface area contributed by atoms with E-state index in [1.807, 2.05) is 24.3 Å². The van der Waals surface area contributed by atoms with Crippen LogP contribution in [0.1, 0.15) is 41.0 Å². The average Bonchev–Trinajstić information content (AvgIpc) is 3.00. The highest BCUT2D eigenvalue weighted by Crippen LogP contribution is 2.35. The normalized spacial score (nSPS) is 14.6. The van der Waals surface area contributed by atoms with Crippen LogP contribution in [0.25, 0.3) is 10.9 Å². The third-order valence-corrected chi connectivity index (χ3v) is 8.39. The maximum Gasteiger partial charge on any atom is 0.137 e. The summed E-state index contributed by atoms with van der Waals surface area (Å²) in [5.74, 6) is 0.931. The van der Waals surface area contributed by atoms with Crippen molar-refractivity contribution in [3.63, 3.8) is 0 Å². The molecule has 40 heavy (non-hydrogen) atoms. The Labute approximate surface area is 246 Å². The highest BCUT2D eigenvalue weighted by molar-refractivity contribution is 6.30. The fourth-order valence-electron chi connectivity index (χ4n) is 5.68. The van der Waals surface area contributed by atoms with Crippen molar-refractivity contribution in [1.29, 1.82) is 0 Å². The average molecular weight is 568 g/mol. The third kappa shape index (κ3) is 6.31. The molecule has 6 heteroatoms. The molecule has 0 unspecified atom stereocenters. The first-order valence-corrected chi connectivity index (χ1v) is 14.7. The van der Waals surface area contributed by atoms with Crippen LogP contribution in [-0.2, 0) is 6.42 Å². The Kier molecular flexibility index (Phi) is 8.29. The Balaban J connectivity index is 1.22. The van der Waals surface area contributed by atoms with Gasteiger partial charge in [-0.05, 0) is 77.9 Å². The van der Waals surface area contributed by atoms with Crippen LogP contribution in [0, 0.1) is 0 Å². The Morgan fingerprint density at radius 3 is 2.02 bits per heavy atom. The third-order valence-electron chi connectivity index (χ3n) is 7.89. The number of rotatable bonds is 8. The predicted octanol–water partition coefficient (Wildman–Crippen LogP) is 8.24. The number of piperidine rings is 1. The second-order valence-corrected chi connectivity index (χ2v) is 11.4. The number of anilines is 1. The van der Waals surface area contributed by atoms with Gasteiger partial charge in [0.2, 0.25) is 0 Å². The maximum atomic E-state index is 6.23. The van der Waals surface area contributed by atoms with Gasteiger partial charge >= 0.3 is 0 Å². The summed E-state index contributed by atoms with van der Waals surface area (Å²) >= 11 is 12.5. The van der Waals surface area contributed by atoms with Gasteiger partial charge in [0.05, 0.1) is 5.52 Å². The molecule has 5 aromatic rings. The fraction of sp³-hybridized carbons (Fsp3) is 0.235. The van der Waals surface area contributed by atoms with E-state index in [0.29, 0.717) is 6.04 Å². The molecule has 4 nitrogen and oxygen atoms in total. The minimum Gasteiger partial charge on any atom is -0.367 e. The molecule has 0 atom stereocenters. The minimum absolute atomic E-state index is 0.0276. The van der Waals surface area contributed by atoms with Crippen molar-refractivity contribution in [1.82, 2.24) is 14.9 Å². The molecule has 1 aromatic heterocycles. The second-order valence-electron chi connectivity index (χ2n) is 10.5. The van der Waals surface area contributed by atoms with Crippen LogP contribution < -0.4 is 5.32 Å². The first-order chi connectivity index (χ1) is 19.6. The van der Waals surface area contributed by atoms with Gasteiger partial charge in [-0.25, -0.2) is 9.97 Å². The van der Waals surface area contributed by atoms with E-state index in [4.69, 9.17) is 28.2 Å². The van der Waals surface area contributed by atoms with E-state index in [1.165, 1.54) is 22.3 Å². The zero-order chi connectivity index (χ0) is 27.3. The van der Waals surface area contributed by atoms with Gasteiger partial charge in [0.1, 0.15) is 12.1 Å². The van der Waals surface area contributed by atoms with E-state index in [0.717, 1.165) is 65.7 Å². The first kappa shape index (κ1) is 26.8. The highest BCUT2D eigenvalue weighted by atomic mass is 35.5. The Morgan fingerprint density at radius 2 is 1.38 bits per heavy atom. The molecule has 0 spiro atoms. The largest absolute Gasteiger partial charge is 0.367 e. The highest BCUT2D eigenvalue weighted by Gasteiger charge is 2.22. The summed E-state index contributed by atoms with van der Waals surface area (Å²) in [4.78, 5) is 11.8. The standard InChI is InChI=1S/C34H32Cl2N4/c35-28-11-6-25(7-12-28)33(26-8-13-29(36)14-9-26)27-10-15-32-31(22-27)34(38-23-37-32)39-30-17-20-40(21-18-30)19-16-24-4-2-1-3-5-24/h1-15,22-23,30,33H,16-21H2,(H,37,38,39). The number of fused-ring (bicyclic) bond motifs is 1. The lowest BCUT2D eigenvalue weighted by Gasteiger charge is -2.32. The number of likely N-dealkylation sites (tertiary alicyclic amines) is 1. The summed E-state index contributed by atoms with van der Waals surface area (Å²) in [5, 5.41) is 6.26. The minimum atomic E-state index is 0.0276. The van der Waals surface area contributed by atoms with Crippen LogP contribution in [0.4, 0.5) is 5.82 Å². The second kappa shape index (κ2) is 12.4. The number of benzene rings is 4. The molecule has 0 radical (unpaired) electrons. The molecule has 202 valence electrons. The molecule has 0 aliphatic carbocycles. The zero-order valence-electron chi connectivity index (χ0n) is 22.3. The van der Waals surface area contributed by atoms with E-state index in [1.54, 1.807) is 6.33 Å². The molecular formula is C34H32Cl2N4. The van der Waals surface area contributed by atoms with E-state index in [-0.39, 0.29) is 5.92 Å². The summed E-state index contributed by atoms with van der Waals surface area (Å²) in [7, 11) is 0. The summed E-state index contributed by atoms with van der Waals surface area (Å²) < 4.78 is 0. The lowest BCUT2D eigenvalue weighted by atomic mass is 9.84. The molecule has 0 amide bonds. The summed E-state index contributed by atoms with van der Waals surface area (Å²) in [6, 6.07) is 33.8. The van der Waals surface area contributed by atoms with Crippen LogP contribution in [0.2, 0.25) is 10.0 Å². The monoisotopic (exact) mass is 566 g/mol. The Morgan fingerprint density at radius 1 is 0.750 bits per heavy atom. The van der Waals surface area contributed by atoms with Gasteiger partial charge in [-0.3, -0.25) is 0 Å². The molecule has 1 saturated heterocycles. The van der Waals surface area contributed by atoms with Crippen LogP contribution >= 0.6 is 23.2 Å². The number of nitrogens with zero attached hydrogens (tertiary/aromatic N) is 3. The van der Waals surface area contributed by atoms with Gasteiger partial charge in [-0.15, -0.1) is 0 Å². The molecule has 1 aliphatic heterocycles. The number of halogens is 2. The van der Waals surface area contributed by atoms with E-state index >= 15 is 0 Å². The van der Waals surface area contributed by atoms with E-state index < -0.39 is 0 Å². The van der Waals surface area contributed by atoms with Crippen LogP contribution in [0.15, 0.2) is 103 Å². The zero-order valence-corrected chi connectivity index (χ0v) is 23.8.